The van der Waals surface area contributed by atoms with Crippen LogP contribution in [0, 0.1) is 0 Å². The van der Waals surface area contributed by atoms with Gasteiger partial charge in [0.2, 0.25) is 0 Å². The molecule has 0 atom stereocenters. The van der Waals surface area contributed by atoms with Crippen LogP contribution in [0.5, 0.6) is 5.75 Å². The van der Waals surface area contributed by atoms with E-state index < -0.39 is 0 Å². The van der Waals surface area contributed by atoms with Crippen molar-refractivity contribution in [1.29, 1.82) is 0 Å². The third-order valence-corrected chi connectivity index (χ3v) is 3.16. The van der Waals surface area contributed by atoms with Gasteiger partial charge in [-0.2, -0.15) is 0 Å². The van der Waals surface area contributed by atoms with Gasteiger partial charge < -0.3 is 15.8 Å². The van der Waals surface area contributed by atoms with Gasteiger partial charge >= 0.3 is 0 Å². The van der Waals surface area contributed by atoms with E-state index in [4.69, 9.17) is 10.5 Å². The Labute approximate surface area is 109 Å². The highest BCUT2D eigenvalue weighted by molar-refractivity contribution is 7.09. The number of ether oxygens (including phenoxy) is 1. The van der Waals surface area contributed by atoms with Gasteiger partial charge in [0, 0.05) is 17.1 Å². The van der Waals surface area contributed by atoms with E-state index in [0.29, 0.717) is 23.5 Å². The van der Waals surface area contributed by atoms with E-state index in [1.54, 1.807) is 24.4 Å². The zero-order valence-corrected chi connectivity index (χ0v) is 10.7. The second-order valence-corrected chi connectivity index (χ2v) is 4.54. The number of hydrogen-bond donors (Lipinski definition) is 2. The van der Waals surface area contributed by atoms with Gasteiger partial charge in [-0.1, -0.05) is 0 Å². The summed E-state index contributed by atoms with van der Waals surface area (Å²) in [7, 11) is 1.54. The number of nitrogens with one attached hydrogen (secondary N) is 1. The zero-order chi connectivity index (χ0) is 13.0. The van der Waals surface area contributed by atoms with Crippen molar-refractivity contribution >= 4 is 22.9 Å². The Kier molecular flexibility index (Phi) is 3.78. The van der Waals surface area contributed by atoms with Crippen LogP contribution in [0.25, 0.3) is 0 Å². The number of anilines is 1. The van der Waals surface area contributed by atoms with E-state index in [1.165, 1.54) is 18.4 Å². The van der Waals surface area contributed by atoms with Crippen LogP contribution in [0.3, 0.4) is 0 Å². The van der Waals surface area contributed by atoms with Crippen molar-refractivity contribution in [3.63, 3.8) is 0 Å². The molecule has 0 fully saturated rings. The Morgan fingerprint density at radius 2 is 2.39 bits per heavy atom. The molecule has 2 rings (SSSR count). The minimum absolute atomic E-state index is 0.181. The molecule has 1 aromatic heterocycles. The predicted octanol–water partition coefficient (Wildman–Crippen LogP) is 1.66. The lowest BCUT2D eigenvalue weighted by molar-refractivity contribution is 0.0951. The van der Waals surface area contributed by atoms with Gasteiger partial charge in [0.05, 0.1) is 19.3 Å². The predicted molar refractivity (Wildman–Crippen MR) is 70.7 cm³/mol. The molecular weight excluding hydrogens is 250 g/mol. The van der Waals surface area contributed by atoms with Crippen LogP contribution in [0.4, 0.5) is 5.69 Å². The van der Waals surface area contributed by atoms with Crippen LogP contribution in [0.1, 0.15) is 15.4 Å². The number of nitrogens with two attached hydrogens (primary N) is 1. The summed E-state index contributed by atoms with van der Waals surface area (Å²) >= 11 is 1.50. The summed E-state index contributed by atoms with van der Waals surface area (Å²) in [6.07, 6.45) is 1.71. The van der Waals surface area contributed by atoms with Crippen molar-refractivity contribution in [3.8, 4) is 5.75 Å². The molecule has 0 saturated carbocycles. The van der Waals surface area contributed by atoms with Gasteiger partial charge in [-0.3, -0.25) is 4.79 Å². The number of carbonyl (C=O) groups is 1. The van der Waals surface area contributed by atoms with Crippen LogP contribution < -0.4 is 15.8 Å². The standard InChI is InChI=1S/C12H13N3O2S/c1-17-10-3-2-8(6-9(10)13)12(16)15-7-11-14-4-5-18-11/h2-6H,7,13H2,1H3,(H,15,16). The second-order valence-electron chi connectivity index (χ2n) is 3.57. The van der Waals surface area contributed by atoms with Crippen molar-refractivity contribution in [2.45, 2.75) is 6.54 Å². The zero-order valence-electron chi connectivity index (χ0n) is 9.84. The molecule has 3 N–H and O–H groups in total. The SMILES string of the molecule is COc1ccc(C(=O)NCc2nccs2)cc1N. The molecule has 18 heavy (non-hydrogen) atoms. The van der Waals surface area contributed by atoms with Gasteiger partial charge in [-0.05, 0) is 18.2 Å². The molecule has 6 heteroatoms. The van der Waals surface area contributed by atoms with E-state index in [9.17, 15) is 4.79 Å². The van der Waals surface area contributed by atoms with E-state index in [1.807, 2.05) is 5.38 Å². The largest absolute Gasteiger partial charge is 0.495 e. The van der Waals surface area contributed by atoms with Crippen molar-refractivity contribution in [1.82, 2.24) is 10.3 Å². The van der Waals surface area contributed by atoms with Crippen molar-refractivity contribution < 1.29 is 9.53 Å². The Morgan fingerprint density at radius 3 is 3.00 bits per heavy atom. The van der Waals surface area contributed by atoms with E-state index >= 15 is 0 Å². The van der Waals surface area contributed by atoms with Crippen LogP contribution in [-0.4, -0.2) is 18.0 Å². The summed E-state index contributed by atoms with van der Waals surface area (Å²) in [5.41, 5.74) is 6.69. The molecule has 0 spiro atoms. The average molecular weight is 263 g/mol. The van der Waals surface area contributed by atoms with E-state index in [2.05, 4.69) is 10.3 Å². The number of aromatic nitrogens is 1. The summed E-state index contributed by atoms with van der Waals surface area (Å²) in [4.78, 5) is 15.9. The van der Waals surface area contributed by atoms with Gasteiger partial charge in [0.15, 0.2) is 0 Å². The fourth-order valence-electron chi connectivity index (χ4n) is 1.47. The molecule has 0 aliphatic heterocycles. The fraction of sp³-hybridized carbons (Fsp3) is 0.167. The molecule has 94 valence electrons. The third-order valence-electron chi connectivity index (χ3n) is 2.38. The quantitative estimate of drug-likeness (QED) is 0.822. The first kappa shape index (κ1) is 12.4. The Hall–Kier alpha value is -2.08. The Bertz CT molecular complexity index is 540. The molecule has 0 bridgehead atoms. The Morgan fingerprint density at radius 1 is 1.56 bits per heavy atom. The minimum Gasteiger partial charge on any atom is -0.495 e. The molecule has 2 aromatic rings. The maximum atomic E-state index is 11.9. The van der Waals surface area contributed by atoms with Gasteiger partial charge in [0.25, 0.3) is 5.91 Å². The topological polar surface area (TPSA) is 77.2 Å². The fourth-order valence-corrected chi connectivity index (χ4v) is 2.03. The van der Waals surface area contributed by atoms with Gasteiger partial charge in [0.1, 0.15) is 10.8 Å². The average Bonchev–Trinajstić information content (AvgIpc) is 2.89. The van der Waals surface area contributed by atoms with Crippen molar-refractivity contribution in [3.05, 3.63) is 40.3 Å². The number of benzene rings is 1. The highest BCUT2D eigenvalue weighted by Gasteiger charge is 2.08. The highest BCUT2D eigenvalue weighted by Crippen LogP contribution is 2.21. The summed E-state index contributed by atoms with van der Waals surface area (Å²) in [6.45, 7) is 0.419. The summed E-state index contributed by atoms with van der Waals surface area (Å²) in [5, 5.41) is 5.51. The maximum absolute atomic E-state index is 11.9. The van der Waals surface area contributed by atoms with E-state index in [-0.39, 0.29) is 5.91 Å². The first-order valence-corrected chi connectivity index (χ1v) is 6.18. The minimum atomic E-state index is -0.181. The maximum Gasteiger partial charge on any atom is 0.251 e. The van der Waals surface area contributed by atoms with Crippen LogP contribution in [0.2, 0.25) is 0 Å². The molecule has 0 aliphatic rings. The smallest absolute Gasteiger partial charge is 0.251 e. The first-order chi connectivity index (χ1) is 8.70. The molecule has 0 aliphatic carbocycles. The number of amides is 1. The van der Waals surface area contributed by atoms with Crippen LogP contribution in [-0.2, 0) is 6.54 Å². The molecule has 5 nitrogen and oxygen atoms in total. The molecule has 0 radical (unpaired) electrons. The normalized spacial score (nSPS) is 10.1. The molecule has 0 saturated heterocycles. The number of carbonyl (C=O) groups excluding carboxylic acids is 1. The number of nitrogens with zero attached hydrogens (tertiary/aromatic N) is 1. The van der Waals surface area contributed by atoms with Crippen LogP contribution in [0.15, 0.2) is 29.8 Å². The molecule has 0 unspecified atom stereocenters. The van der Waals surface area contributed by atoms with Gasteiger partial charge in [-0.25, -0.2) is 4.98 Å². The number of rotatable bonds is 4. The molecule has 1 amide bonds. The number of hydrogen-bond acceptors (Lipinski definition) is 5. The number of nitrogen functional groups attached to an aromatic ring is 1. The lowest BCUT2D eigenvalue weighted by Crippen LogP contribution is -2.22. The number of methoxy groups -OCH3 is 1. The second kappa shape index (κ2) is 5.50. The lowest BCUT2D eigenvalue weighted by atomic mass is 10.2. The van der Waals surface area contributed by atoms with E-state index in [0.717, 1.165) is 5.01 Å². The first-order valence-electron chi connectivity index (χ1n) is 5.31. The lowest BCUT2D eigenvalue weighted by Gasteiger charge is -2.07. The summed E-state index contributed by atoms with van der Waals surface area (Å²) in [5.74, 6) is 0.381. The summed E-state index contributed by atoms with van der Waals surface area (Å²) in [6, 6.07) is 4.94. The monoisotopic (exact) mass is 263 g/mol. The Balaban J connectivity index is 2.02. The molecule has 1 heterocycles. The van der Waals surface area contributed by atoms with Gasteiger partial charge in [-0.15, -0.1) is 11.3 Å². The molecular formula is C12H13N3O2S. The third kappa shape index (κ3) is 2.78. The molecule has 1 aromatic carbocycles. The van der Waals surface area contributed by atoms with Crippen molar-refractivity contribution in [2.75, 3.05) is 12.8 Å². The summed E-state index contributed by atoms with van der Waals surface area (Å²) < 4.78 is 5.03. The van der Waals surface area contributed by atoms with Crippen molar-refractivity contribution in [2.24, 2.45) is 0 Å². The number of thiazole rings is 1. The highest BCUT2D eigenvalue weighted by atomic mass is 32.1. The van der Waals surface area contributed by atoms with Crippen LogP contribution >= 0.6 is 11.3 Å².